The van der Waals surface area contributed by atoms with Crippen LogP contribution >= 0.6 is 0 Å². The highest BCUT2D eigenvalue weighted by molar-refractivity contribution is 5.24. The molecule has 0 saturated carbocycles. The van der Waals surface area contributed by atoms with Gasteiger partial charge in [0.1, 0.15) is 5.82 Å². The summed E-state index contributed by atoms with van der Waals surface area (Å²) in [5, 5.41) is 3.26. The van der Waals surface area contributed by atoms with Gasteiger partial charge < -0.3 is 5.32 Å². The van der Waals surface area contributed by atoms with Crippen molar-refractivity contribution in [3.8, 4) is 0 Å². The predicted octanol–water partition coefficient (Wildman–Crippen LogP) is 2.49. The van der Waals surface area contributed by atoms with Crippen LogP contribution in [0.3, 0.4) is 0 Å². The Kier molecular flexibility index (Phi) is 4.42. The first-order chi connectivity index (χ1) is 8.78. The van der Waals surface area contributed by atoms with Crippen LogP contribution in [-0.2, 0) is 13.0 Å². The van der Waals surface area contributed by atoms with Crippen molar-refractivity contribution in [2.24, 2.45) is 0 Å². The van der Waals surface area contributed by atoms with Crippen molar-refractivity contribution in [3.05, 3.63) is 59.2 Å². The molecule has 94 valence electrons. The summed E-state index contributed by atoms with van der Waals surface area (Å²) in [6, 6.07) is 8.47. The Morgan fingerprint density at radius 3 is 2.56 bits per heavy atom. The van der Waals surface area contributed by atoms with Gasteiger partial charge >= 0.3 is 0 Å². The number of nitrogens with zero attached hydrogens (tertiary/aromatic N) is 2. The van der Waals surface area contributed by atoms with Crippen LogP contribution in [0.25, 0.3) is 0 Å². The summed E-state index contributed by atoms with van der Waals surface area (Å²) < 4.78 is 0. The molecule has 3 heteroatoms. The highest BCUT2D eigenvalue weighted by Gasteiger charge is 2.00. The highest BCUT2D eigenvalue weighted by atomic mass is 14.9. The molecule has 3 nitrogen and oxygen atoms in total. The molecule has 0 fully saturated rings. The molecule has 0 aliphatic carbocycles. The number of nitrogens with one attached hydrogen (secondary N) is 1. The van der Waals surface area contributed by atoms with Crippen LogP contribution in [-0.4, -0.2) is 16.5 Å². The van der Waals surface area contributed by atoms with E-state index in [1.165, 1.54) is 11.1 Å². The third kappa shape index (κ3) is 3.64. The zero-order valence-electron chi connectivity index (χ0n) is 11.0. The maximum Gasteiger partial charge on any atom is 0.132 e. The molecule has 0 atom stereocenters. The average molecular weight is 241 g/mol. The Bertz CT molecular complexity index is 491. The van der Waals surface area contributed by atoms with Crippen LogP contribution in [0.5, 0.6) is 0 Å². The Balaban J connectivity index is 2.02. The lowest BCUT2D eigenvalue weighted by Crippen LogP contribution is -2.12. The van der Waals surface area contributed by atoms with E-state index < -0.39 is 0 Å². The summed E-state index contributed by atoms with van der Waals surface area (Å²) in [6.45, 7) is 5.99. The first kappa shape index (κ1) is 12.7. The summed E-state index contributed by atoms with van der Waals surface area (Å²) in [6.07, 6.45) is 4.60. The van der Waals surface area contributed by atoms with Gasteiger partial charge in [0.2, 0.25) is 0 Å². The summed E-state index contributed by atoms with van der Waals surface area (Å²) in [5.74, 6) is 0.876. The third-order valence-electron chi connectivity index (χ3n) is 2.78. The number of rotatable bonds is 5. The van der Waals surface area contributed by atoms with Crippen LogP contribution in [0.15, 0.2) is 36.7 Å². The van der Waals surface area contributed by atoms with E-state index in [-0.39, 0.29) is 0 Å². The van der Waals surface area contributed by atoms with Crippen LogP contribution < -0.4 is 5.32 Å². The molecule has 0 aliphatic heterocycles. The Morgan fingerprint density at radius 1 is 1.11 bits per heavy atom. The SMILES string of the molecule is CCNCc1cnc(Cc2cccc(C)c2)nc1. The van der Waals surface area contributed by atoms with Gasteiger partial charge in [0.15, 0.2) is 0 Å². The van der Waals surface area contributed by atoms with Crippen molar-refractivity contribution in [2.75, 3.05) is 6.54 Å². The Labute approximate surface area is 108 Å². The zero-order chi connectivity index (χ0) is 12.8. The van der Waals surface area contributed by atoms with E-state index >= 15 is 0 Å². The molecule has 2 rings (SSSR count). The molecule has 1 heterocycles. The first-order valence-electron chi connectivity index (χ1n) is 6.34. The maximum atomic E-state index is 4.41. The largest absolute Gasteiger partial charge is 0.313 e. The van der Waals surface area contributed by atoms with Gasteiger partial charge in [-0.25, -0.2) is 9.97 Å². The van der Waals surface area contributed by atoms with Gasteiger partial charge in [-0.05, 0) is 19.0 Å². The molecule has 18 heavy (non-hydrogen) atoms. The van der Waals surface area contributed by atoms with E-state index in [2.05, 4.69) is 53.4 Å². The number of hydrogen-bond donors (Lipinski definition) is 1. The van der Waals surface area contributed by atoms with E-state index in [0.29, 0.717) is 0 Å². The molecule has 0 saturated heterocycles. The fourth-order valence-electron chi connectivity index (χ4n) is 1.84. The number of benzene rings is 1. The quantitative estimate of drug-likeness (QED) is 0.874. The molecule has 0 unspecified atom stereocenters. The normalized spacial score (nSPS) is 10.6. The predicted molar refractivity (Wildman–Crippen MR) is 73.4 cm³/mol. The molecule has 1 aromatic heterocycles. The number of aromatic nitrogens is 2. The Hall–Kier alpha value is -1.74. The molecule has 0 amide bonds. The van der Waals surface area contributed by atoms with Gasteiger partial charge in [0.05, 0.1) is 0 Å². The van der Waals surface area contributed by atoms with Gasteiger partial charge in [-0.1, -0.05) is 36.8 Å². The molecule has 0 aliphatic rings. The van der Waals surface area contributed by atoms with Crippen molar-refractivity contribution in [1.82, 2.24) is 15.3 Å². The molecule has 0 radical (unpaired) electrons. The van der Waals surface area contributed by atoms with Crippen molar-refractivity contribution in [3.63, 3.8) is 0 Å². The van der Waals surface area contributed by atoms with Crippen molar-refractivity contribution < 1.29 is 0 Å². The van der Waals surface area contributed by atoms with Gasteiger partial charge in [-0.3, -0.25) is 0 Å². The second-order valence-electron chi connectivity index (χ2n) is 4.45. The van der Waals surface area contributed by atoms with Crippen LogP contribution in [0.1, 0.15) is 29.4 Å². The lowest BCUT2D eigenvalue weighted by atomic mass is 10.1. The molecule has 0 bridgehead atoms. The standard InChI is InChI=1S/C15H19N3/c1-3-16-9-14-10-17-15(18-11-14)8-13-6-4-5-12(2)7-13/h4-7,10-11,16H,3,8-9H2,1-2H3. The van der Waals surface area contributed by atoms with Crippen molar-refractivity contribution in [2.45, 2.75) is 26.8 Å². The molecular weight excluding hydrogens is 222 g/mol. The zero-order valence-corrected chi connectivity index (χ0v) is 11.0. The molecule has 1 aromatic carbocycles. The number of aryl methyl sites for hydroxylation is 1. The van der Waals surface area contributed by atoms with Crippen LogP contribution in [0, 0.1) is 6.92 Å². The minimum Gasteiger partial charge on any atom is -0.313 e. The topological polar surface area (TPSA) is 37.8 Å². The molecular formula is C15H19N3. The maximum absolute atomic E-state index is 4.41. The molecule has 1 N–H and O–H groups in total. The summed E-state index contributed by atoms with van der Waals surface area (Å²) in [7, 11) is 0. The fraction of sp³-hybridized carbons (Fsp3) is 0.333. The summed E-state index contributed by atoms with van der Waals surface area (Å²) in [5.41, 5.74) is 3.66. The van der Waals surface area contributed by atoms with Crippen molar-refractivity contribution in [1.29, 1.82) is 0 Å². The van der Waals surface area contributed by atoms with Crippen molar-refractivity contribution >= 4 is 0 Å². The minimum absolute atomic E-state index is 0.795. The summed E-state index contributed by atoms with van der Waals surface area (Å²) >= 11 is 0. The van der Waals surface area contributed by atoms with E-state index in [9.17, 15) is 0 Å². The van der Waals surface area contributed by atoms with E-state index in [4.69, 9.17) is 0 Å². The van der Waals surface area contributed by atoms with Crippen LogP contribution in [0.2, 0.25) is 0 Å². The van der Waals surface area contributed by atoms with E-state index in [0.717, 1.165) is 30.9 Å². The lowest BCUT2D eigenvalue weighted by molar-refractivity contribution is 0.718. The van der Waals surface area contributed by atoms with Gasteiger partial charge in [-0.2, -0.15) is 0 Å². The molecule has 2 aromatic rings. The minimum atomic E-state index is 0.795. The first-order valence-corrected chi connectivity index (χ1v) is 6.34. The number of hydrogen-bond acceptors (Lipinski definition) is 3. The second-order valence-corrected chi connectivity index (χ2v) is 4.45. The van der Waals surface area contributed by atoms with Gasteiger partial charge in [0.25, 0.3) is 0 Å². The smallest absolute Gasteiger partial charge is 0.132 e. The molecule has 0 spiro atoms. The lowest BCUT2D eigenvalue weighted by Gasteiger charge is -2.04. The van der Waals surface area contributed by atoms with Crippen LogP contribution in [0.4, 0.5) is 0 Å². The highest BCUT2D eigenvalue weighted by Crippen LogP contribution is 2.08. The summed E-state index contributed by atoms with van der Waals surface area (Å²) in [4.78, 5) is 8.81. The van der Waals surface area contributed by atoms with E-state index in [1.54, 1.807) is 0 Å². The Morgan fingerprint density at radius 2 is 1.89 bits per heavy atom. The third-order valence-corrected chi connectivity index (χ3v) is 2.78. The average Bonchev–Trinajstić information content (AvgIpc) is 2.38. The van der Waals surface area contributed by atoms with Gasteiger partial charge in [0, 0.05) is 30.9 Å². The fourth-order valence-corrected chi connectivity index (χ4v) is 1.84. The van der Waals surface area contributed by atoms with E-state index in [1.807, 2.05) is 12.4 Å². The monoisotopic (exact) mass is 241 g/mol. The second kappa shape index (κ2) is 6.26. The van der Waals surface area contributed by atoms with Gasteiger partial charge in [-0.15, -0.1) is 0 Å².